The highest BCUT2D eigenvalue weighted by Gasteiger charge is 2.10. The van der Waals surface area contributed by atoms with E-state index in [2.05, 4.69) is 19.2 Å². The van der Waals surface area contributed by atoms with Gasteiger partial charge in [-0.2, -0.15) is 0 Å². The summed E-state index contributed by atoms with van der Waals surface area (Å²) in [4.78, 5) is 11.7. The number of benzene rings is 1. The van der Waals surface area contributed by atoms with Crippen LogP contribution in [-0.4, -0.2) is 11.9 Å². The van der Waals surface area contributed by atoms with Crippen molar-refractivity contribution < 1.29 is 4.79 Å². The third-order valence-electron chi connectivity index (χ3n) is 2.94. The van der Waals surface area contributed by atoms with Crippen LogP contribution < -0.4 is 5.32 Å². The van der Waals surface area contributed by atoms with Crippen molar-refractivity contribution in [2.24, 2.45) is 5.92 Å². The smallest absolute Gasteiger partial charge is 0.220 e. The third kappa shape index (κ3) is 5.22. The summed E-state index contributed by atoms with van der Waals surface area (Å²) in [7, 11) is 0. The largest absolute Gasteiger partial charge is 0.353 e. The van der Waals surface area contributed by atoms with Crippen LogP contribution in [0, 0.1) is 5.92 Å². The molecule has 0 bridgehead atoms. The average Bonchev–Trinajstić information content (AvgIpc) is 2.28. The maximum Gasteiger partial charge on any atom is 0.220 e. The topological polar surface area (TPSA) is 29.1 Å². The van der Waals surface area contributed by atoms with Crippen LogP contribution in [0.25, 0.3) is 0 Å². The summed E-state index contributed by atoms with van der Waals surface area (Å²) in [6, 6.07) is 7.85. The van der Waals surface area contributed by atoms with Gasteiger partial charge in [0.2, 0.25) is 5.91 Å². The summed E-state index contributed by atoms with van der Waals surface area (Å²) in [6.45, 7) is 6.24. The monoisotopic (exact) mass is 253 g/mol. The molecule has 0 aliphatic rings. The number of carbonyl (C=O) groups excluding carboxylic acids is 1. The van der Waals surface area contributed by atoms with E-state index < -0.39 is 0 Å². The van der Waals surface area contributed by atoms with Crippen LogP contribution in [0.1, 0.15) is 32.8 Å². The number of aryl methyl sites for hydroxylation is 1. The fourth-order valence-electron chi connectivity index (χ4n) is 1.40. The summed E-state index contributed by atoms with van der Waals surface area (Å²) >= 11 is 5.80. The highest BCUT2D eigenvalue weighted by atomic mass is 35.5. The molecule has 1 atom stereocenters. The zero-order valence-corrected chi connectivity index (χ0v) is 11.4. The molecule has 0 radical (unpaired) electrons. The Bertz CT molecular complexity index is 359. The number of rotatable bonds is 5. The molecule has 0 heterocycles. The molecule has 1 rings (SSSR count). The van der Waals surface area contributed by atoms with E-state index in [-0.39, 0.29) is 11.9 Å². The number of nitrogens with one attached hydrogen (secondary N) is 1. The highest BCUT2D eigenvalue weighted by molar-refractivity contribution is 6.30. The van der Waals surface area contributed by atoms with Crippen molar-refractivity contribution in [2.75, 3.05) is 0 Å². The predicted molar refractivity (Wildman–Crippen MR) is 72.2 cm³/mol. The second kappa shape index (κ2) is 6.65. The summed E-state index contributed by atoms with van der Waals surface area (Å²) in [5.74, 6) is 0.579. The van der Waals surface area contributed by atoms with Crippen molar-refractivity contribution in [3.63, 3.8) is 0 Å². The number of amides is 1. The Kier molecular flexibility index (Phi) is 5.49. The molecule has 0 saturated heterocycles. The van der Waals surface area contributed by atoms with E-state index in [4.69, 9.17) is 11.6 Å². The van der Waals surface area contributed by atoms with Gasteiger partial charge in [-0.1, -0.05) is 37.6 Å². The zero-order valence-electron chi connectivity index (χ0n) is 10.7. The van der Waals surface area contributed by atoms with Gasteiger partial charge in [-0.15, -0.1) is 0 Å². The Morgan fingerprint density at radius 1 is 1.24 bits per heavy atom. The van der Waals surface area contributed by atoms with Crippen molar-refractivity contribution >= 4 is 17.5 Å². The first-order chi connectivity index (χ1) is 7.99. The van der Waals surface area contributed by atoms with E-state index in [1.165, 1.54) is 0 Å². The SMILES string of the molecule is CC(C)[C@H](C)NC(=O)CCc1ccc(Cl)cc1. The number of halogens is 1. The van der Waals surface area contributed by atoms with Crippen LogP contribution in [0.15, 0.2) is 24.3 Å². The molecule has 1 N–H and O–H groups in total. The van der Waals surface area contributed by atoms with Crippen LogP contribution in [0.4, 0.5) is 0 Å². The molecule has 1 aromatic carbocycles. The lowest BCUT2D eigenvalue weighted by molar-refractivity contribution is -0.121. The van der Waals surface area contributed by atoms with Crippen molar-refractivity contribution in [2.45, 2.75) is 39.7 Å². The molecule has 2 nitrogen and oxygen atoms in total. The Morgan fingerprint density at radius 2 is 1.82 bits per heavy atom. The van der Waals surface area contributed by atoms with Gasteiger partial charge in [-0.25, -0.2) is 0 Å². The predicted octanol–water partition coefficient (Wildman–Crippen LogP) is 3.43. The Balaban J connectivity index is 2.35. The van der Waals surface area contributed by atoms with E-state index in [1.54, 1.807) is 0 Å². The molecule has 3 heteroatoms. The van der Waals surface area contributed by atoms with Crippen LogP contribution in [0.2, 0.25) is 5.02 Å². The summed E-state index contributed by atoms with van der Waals surface area (Å²) < 4.78 is 0. The first-order valence-corrected chi connectivity index (χ1v) is 6.40. The minimum atomic E-state index is 0.112. The molecule has 17 heavy (non-hydrogen) atoms. The Labute approximate surface area is 108 Å². The zero-order chi connectivity index (χ0) is 12.8. The Hall–Kier alpha value is -1.02. The van der Waals surface area contributed by atoms with Gasteiger partial charge in [-0.05, 0) is 37.0 Å². The molecule has 0 saturated carbocycles. The van der Waals surface area contributed by atoms with Crippen molar-refractivity contribution in [1.29, 1.82) is 0 Å². The lowest BCUT2D eigenvalue weighted by atomic mass is 10.1. The summed E-state index contributed by atoms with van der Waals surface area (Å²) in [5.41, 5.74) is 1.14. The minimum absolute atomic E-state index is 0.112. The van der Waals surface area contributed by atoms with Crippen molar-refractivity contribution in [1.82, 2.24) is 5.32 Å². The third-order valence-corrected chi connectivity index (χ3v) is 3.19. The average molecular weight is 254 g/mol. The van der Waals surface area contributed by atoms with Gasteiger partial charge in [0.15, 0.2) is 0 Å². The van der Waals surface area contributed by atoms with E-state index in [0.29, 0.717) is 12.3 Å². The molecular weight excluding hydrogens is 234 g/mol. The maximum absolute atomic E-state index is 11.7. The maximum atomic E-state index is 11.7. The van der Waals surface area contributed by atoms with Crippen LogP contribution >= 0.6 is 11.6 Å². The fraction of sp³-hybridized carbons (Fsp3) is 0.500. The molecule has 1 amide bonds. The Morgan fingerprint density at radius 3 is 2.35 bits per heavy atom. The molecule has 0 spiro atoms. The van der Waals surface area contributed by atoms with Crippen LogP contribution in [0.3, 0.4) is 0 Å². The number of hydrogen-bond donors (Lipinski definition) is 1. The second-order valence-electron chi connectivity index (χ2n) is 4.73. The summed E-state index contributed by atoms with van der Waals surface area (Å²) in [6.07, 6.45) is 1.28. The first-order valence-electron chi connectivity index (χ1n) is 6.03. The van der Waals surface area contributed by atoms with E-state index in [0.717, 1.165) is 17.0 Å². The van der Waals surface area contributed by atoms with Gasteiger partial charge in [0.25, 0.3) is 0 Å². The molecule has 0 unspecified atom stereocenters. The fourth-order valence-corrected chi connectivity index (χ4v) is 1.53. The number of hydrogen-bond acceptors (Lipinski definition) is 1. The minimum Gasteiger partial charge on any atom is -0.353 e. The molecule has 0 fully saturated rings. The molecule has 0 aliphatic heterocycles. The van der Waals surface area contributed by atoms with Gasteiger partial charge in [0.1, 0.15) is 0 Å². The van der Waals surface area contributed by atoms with Gasteiger partial charge in [-0.3, -0.25) is 4.79 Å². The van der Waals surface area contributed by atoms with E-state index in [9.17, 15) is 4.79 Å². The molecule has 94 valence electrons. The second-order valence-corrected chi connectivity index (χ2v) is 5.16. The lowest BCUT2D eigenvalue weighted by Gasteiger charge is -2.17. The normalized spacial score (nSPS) is 12.5. The number of carbonyl (C=O) groups is 1. The quantitative estimate of drug-likeness (QED) is 0.856. The van der Waals surface area contributed by atoms with Gasteiger partial charge < -0.3 is 5.32 Å². The van der Waals surface area contributed by atoms with E-state index >= 15 is 0 Å². The van der Waals surface area contributed by atoms with Gasteiger partial charge in [0.05, 0.1) is 0 Å². The molecule has 0 aromatic heterocycles. The standard InChI is InChI=1S/C14H20ClNO/c1-10(2)11(3)16-14(17)9-6-12-4-7-13(15)8-5-12/h4-5,7-8,10-11H,6,9H2,1-3H3,(H,16,17)/t11-/m0/s1. The van der Waals surface area contributed by atoms with Crippen LogP contribution in [-0.2, 0) is 11.2 Å². The molecular formula is C14H20ClNO. The van der Waals surface area contributed by atoms with Crippen molar-refractivity contribution in [3.05, 3.63) is 34.9 Å². The highest BCUT2D eigenvalue weighted by Crippen LogP contribution is 2.11. The molecule has 0 aliphatic carbocycles. The molecule has 1 aromatic rings. The first kappa shape index (κ1) is 14.0. The van der Waals surface area contributed by atoms with Crippen molar-refractivity contribution in [3.8, 4) is 0 Å². The van der Waals surface area contributed by atoms with Crippen LogP contribution in [0.5, 0.6) is 0 Å². The lowest BCUT2D eigenvalue weighted by Crippen LogP contribution is -2.36. The van der Waals surface area contributed by atoms with Gasteiger partial charge in [0, 0.05) is 17.5 Å². The van der Waals surface area contributed by atoms with Gasteiger partial charge >= 0.3 is 0 Å². The summed E-state index contributed by atoms with van der Waals surface area (Å²) in [5, 5.41) is 3.72. The van der Waals surface area contributed by atoms with E-state index in [1.807, 2.05) is 31.2 Å².